The molecule has 0 N–H and O–H groups in total. The van der Waals surface area contributed by atoms with Gasteiger partial charge in [-0.2, -0.15) is 18.3 Å². The van der Waals surface area contributed by atoms with Gasteiger partial charge in [-0.05, 0) is 57.7 Å². The molecular weight excluding hydrogens is 538 g/mol. The van der Waals surface area contributed by atoms with Gasteiger partial charge in [0.1, 0.15) is 18.0 Å². The fourth-order valence-electron chi connectivity index (χ4n) is 6.70. The molecule has 8 nitrogen and oxygen atoms in total. The van der Waals surface area contributed by atoms with Gasteiger partial charge in [-0.3, -0.25) is 4.79 Å². The summed E-state index contributed by atoms with van der Waals surface area (Å²) in [6.07, 6.45) is 6.19. The first-order valence-corrected chi connectivity index (χ1v) is 14.6. The van der Waals surface area contributed by atoms with Gasteiger partial charge in [0.25, 0.3) is 0 Å². The number of hydrogen-bond acceptors (Lipinski definition) is 6. The van der Waals surface area contributed by atoms with Crippen LogP contribution in [0.3, 0.4) is 0 Å². The molecule has 3 fully saturated rings. The highest BCUT2D eigenvalue weighted by molar-refractivity contribution is 5.87. The molecule has 2 aromatic heterocycles. The zero-order valence-corrected chi connectivity index (χ0v) is 23.0. The summed E-state index contributed by atoms with van der Waals surface area (Å²) in [7, 11) is 0. The zero-order chi connectivity index (χ0) is 28.6. The van der Waals surface area contributed by atoms with E-state index >= 15 is 0 Å². The van der Waals surface area contributed by atoms with Crippen molar-refractivity contribution in [2.45, 2.75) is 63.7 Å². The maximum absolute atomic E-state index is 14.6. The molecule has 1 aliphatic carbocycles. The van der Waals surface area contributed by atoms with E-state index in [1.807, 2.05) is 4.90 Å². The van der Waals surface area contributed by atoms with Gasteiger partial charge in [0.15, 0.2) is 5.65 Å². The van der Waals surface area contributed by atoms with E-state index in [1.165, 1.54) is 55.5 Å². The van der Waals surface area contributed by atoms with Crippen LogP contribution in [0.25, 0.3) is 11.0 Å². The Morgan fingerprint density at radius 1 is 0.927 bits per heavy atom. The average molecular weight is 574 g/mol. The highest BCUT2D eigenvalue weighted by Crippen LogP contribution is 2.34. The summed E-state index contributed by atoms with van der Waals surface area (Å²) in [6.45, 7) is 4.60. The van der Waals surface area contributed by atoms with Gasteiger partial charge in [-0.1, -0.05) is 18.6 Å². The molecule has 0 bridgehead atoms. The van der Waals surface area contributed by atoms with Gasteiger partial charge >= 0.3 is 6.18 Å². The van der Waals surface area contributed by atoms with Crippen molar-refractivity contribution in [2.75, 3.05) is 44.2 Å². The van der Waals surface area contributed by atoms with Crippen molar-refractivity contribution in [3.8, 4) is 0 Å². The number of carbonyl (C=O) groups is 1. The number of likely N-dealkylation sites (tertiary alicyclic amines) is 1. The van der Waals surface area contributed by atoms with Crippen LogP contribution in [-0.4, -0.2) is 80.8 Å². The maximum Gasteiger partial charge on any atom is 0.419 e. The molecule has 1 saturated carbocycles. The molecule has 41 heavy (non-hydrogen) atoms. The van der Waals surface area contributed by atoms with Crippen molar-refractivity contribution >= 4 is 22.8 Å². The standard InChI is InChI=1S/C29H35F4N7O/c30-25-21(5-4-6-24(25)29(31,32)33)18-40-27-23(17-36-40)26(34-19-35-27)38-13-15-39(16-14-38)28(41)20-7-9-22(10-8-20)37-11-2-1-3-12-37/h4-6,17,19-20,22H,1-3,7-16,18H2/t20-,22-. The second kappa shape index (κ2) is 11.5. The van der Waals surface area contributed by atoms with E-state index in [0.29, 0.717) is 49.1 Å². The highest BCUT2D eigenvalue weighted by Gasteiger charge is 2.35. The molecule has 1 amide bonds. The fourth-order valence-corrected chi connectivity index (χ4v) is 6.70. The monoisotopic (exact) mass is 573 g/mol. The number of rotatable bonds is 5. The molecule has 4 heterocycles. The first-order valence-electron chi connectivity index (χ1n) is 14.6. The quantitative estimate of drug-likeness (QED) is 0.412. The van der Waals surface area contributed by atoms with Gasteiger partial charge in [-0.15, -0.1) is 0 Å². The summed E-state index contributed by atoms with van der Waals surface area (Å²) in [5.41, 5.74) is -1.01. The van der Waals surface area contributed by atoms with Crippen molar-refractivity contribution in [3.05, 3.63) is 47.7 Å². The smallest absolute Gasteiger partial charge is 0.352 e. The number of anilines is 1. The molecule has 12 heteroatoms. The molecule has 0 radical (unpaired) electrons. The van der Waals surface area contributed by atoms with Crippen molar-refractivity contribution in [3.63, 3.8) is 0 Å². The van der Waals surface area contributed by atoms with Crippen LogP contribution in [0.4, 0.5) is 23.4 Å². The number of piperazine rings is 1. The van der Waals surface area contributed by atoms with Crippen molar-refractivity contribution in [2.24, 2.45) is 5.92 Å². The van der Waals surface area contributed by atoms with E-state index in [1.54, 1.807) is 6.20 Å². The minimum Gasteiger partial charge on any atom is -0.352 e. The lowest BCUT2D eigenvalue weighted by Gasteiger charge is -2.41. The molecule has 2 aliphatic heterocycles. The average Bonchev–Trinajstić information content (AvgIpc) is 3.41. The summed E-state index contributed by atoms with van der Waals surface area (Å²) in [6, 6.07) is 3.86. The van der Waals surface area contributed by atoms with Crippen LogP contribution < -0.4 is 4.90 Å². The number of alkyl halides is 3. The van der Waals surface area contributed by atoms with Gasteiger partial charge in [0.05, 0.1) is 23.7 Å². The number of halogens is 4. The lowest BCUT2D eigenvalue weighted by Crippen LogP contribution is -2.51. The van der Waals surface area contributed by atoms with E-state index in [0.717, 1.165) is 31.7 Å². The predicted molar refractivity (Wildman–Crippen MR) is 146 cm³/mol. The lowest BCUT2D eigenvalue weighted by atomic mass is 9.83. The topological polar surface area (TPSA) is 70.4 Å². The number of benzene rings is 1. The Balaban J connectivity index is 1.08. The fraction of sp³-hybridized carbons (Fsp3) is 0.586. The van der Waals surface area contributed by atoms with Gasteiger partial charge < -0.3 is 14.7 Å². The Morgan fingerprint density at radius 3 is 2.37 bits per heavy atom. The summed E-state index contributed by atoms with van der Waals surface area (Å²) >= 11 is 0. The van der Waals surface area contributed by atoms with E-state index in [9.17, 15) is 22.4 Å². The van der Waals surface area contributed by atoms with Gasteiger partial charge in [0, 0.05) is 43.7 Å². The number of aromatic nitrogens is 4. The highest BCUT2D eigenvalue weighted by atomic mass is 19.4. The third kappa shape index (κ3) is 5.75. The molecule has 220 valence electrons. The van der Waals surface area contributed by atoms with E-state index in [4.69, 9.17) is 0 Å². The number of amides is 1. The second-order valence-corrected chi connectivity index (χ2v) is 11.4. The van der Waals surface area contributed by atoms with E-state index < -0.39 is 17.6 Å². The number of nitrogens with zero attached hydrogens (tertiary/aromatic N) is 7. The zero-order valence-electron chi connectivity index (χ0n) is 23.0. The van der Waals surface area contributed by atoms with Crippen LogP contribution in [0.2, 0.25) is 0 Å². The maximum atomic E-state index is 14.6. The van der Waals surface area contributed by atoms with Crippen molar-refractivity contribution in [1.29, 1.82) is 0 Å². The number of carbonyl (C=O) groups excluding carboxylic acids is 1. The van der Waals surface area contributed by atoms with Gasteiger partial charge in [-0.25, -0.2) is 19.0 Å². The Bertz CT molecular complexity index is 1370. The van der Waals surface area contributed by atoms with E-state index in [-0.39, 0.29) is 23.9 Å². The van der Waals surface area contributed by atoms with Crippen LogP contribution >= 0.6 is 0 Å². The van der Waals surface area contributed by atoms with Crippen LogP contribution in [-0.2, 0) is 17.5 Å². The molecule has 1 aromatic carbocycles. The van der Waals surface area contributed by atoms with Crippen molar-refractivity contribution < 1.29 is 22.4 Å². The van der Waals surface area contributed by atoms with Crippen LogP contribution in [0, 0.1) is 11.7 Å². The molecule has 6 rings (SSSR count). The Morgan fingerprint density at radius 2 is 1.66 bits per heavy atom. The molecule has 0 unspecified atom stereocenters. The minimum atomic E-state index is -4.78. The first kappa shape index (κ1) is 27.9. The minimum absolute atomic E-state index is 0.0998. The Labute approximate surface area is 236 Å². The van der Waals surface area contributed by atoms with E-state index in [2.05, 4.69) is 24.9 Å². The van der Waals surface area contributed by atoms with Crippen LogP contribution in [0.1, 0.15) is 56.1 Å². The normalized spacial score (nSPS) is 22.8. The largest absolute Gasteiger partial charge is 0.419 e. The predicted octanol–water partition coefficient (Wildman–Crippen LogP) is 4.73. The molecule has 3 aromatic rings. The molecule has 2 saturated heterocycles. The summed E-state index contributed by atoms with van der Waals surface area (Å²) in [5.74, 6) is -0.299. The Kier molecular flexibility index (Phi) is 7.84. The summed E-state index contributed by atoms with van der Waals surface area (Å²) < 4.78 is 55.5. The third-order valence-corrected chi connectivity index (χ3v) is 8.96. The second-order valence-electron chi connectivity index (χ2n) is 11.4. The van der Waals surface area contributed by atoms with Crippen molar-refractivity contribution in [1.82, 2.24) is 29.5 Å². The first-order chi connectivity index (χ1) is 19.8. The molecule has 0 spiro atoms. The molecular formula is C29H35F4N7O. The third-order valence-electron chi connectivity index (χ3n) is 8.96. The van der Waals surface area contributed by atoms with Crippen LogP contribution in [0.5, 0.6) is 0 Å². The summed E-state index contributed by atoms with van der Waals surface area (Å²) in [4.78, 5) is 28.8. The number of fused-ring (bicyclic) bond motifs is 1. The molecule has 3 aliphatic rings. The Hall–Kier alpha value is -3.28. The number of piperidine rings is 1. The SMILES string of the molecule is O=C([C@H]1CC[C@H](N2CCCCC2)CC1)N1CCN(c2ncnc3c2cnn3Cc2cccc(C(F)(F)F)c2F)CC1. The van der Waals surface area contributed by atoms with Crippen LogP contribution in [0.15, 0.2) is 30.7 Å². The number of hydrogen-bond donors (Lipinski definition) is 0. The summed E-state index contributed by atoms with van der Waals surface area (Å²) in [5, 5.41) is 4.93. The molecule has 0 atom stereocenters. The lowest BCUT2D eigenvalue weighted by molar-refractivity contribution is -0.140. The van der Waals surface area contributed by atoms with Gasteiger partial charge in [0.2, 0.25) is 5.91 Å².